The van der Waals surface area contributed by atoms with Gasteiger partial charge in [0.05, 0.1) is 62.4 Å². The lowest BCUT2D eigenvalue weighted by Crippen LogP contribution is -2.50. The summed E-state index contributed by atoms with van der Waals surface area (Å²) in [5.74, 6) is -0.853. The predicted molar refractivity (Wildman–Crippen MR) is 205 cm³/mol. The summed E-state index contributed by atoms with van der Waals surface area (Å²) in [6.45, 7) is 2.78. The van der Waals surface area contributed by atoms with E-state index in [-0.39, 0.29) is 86.3 Å². The minimum absolute atomic E-state index is 0.0597. The van der Waals surface area contributed by atoms with Gasteiger partial charge >= 0.3 is 11.9 Å². The highest BCUT2D eigenvalue weighted by Crippen LogP contribution is 2.38. The number of nitrogens with zero attached hydrogens (tertiary/aromatic N) is 2. The lowest BCUT2D eigenvalue weighted by molar-refractivity contribution is -0.203. The zero-order chi connectivity index (χ0) is 38.7. The minimum Gasteiger partial charge on any atom is -0.476 e. The summed E-state index contributed by atoms with van der Waals surface area (Å²) in [7, 11) is 0. The number of carbonyl (C=O) groups excluding carboxylic acids is 4. The molecule has 300 valence electrons. The first-order valence-electron chi connectivity index (χ1n) is 20.2. The Labute approximate surface area is 327 Å². The first-order valence-corrected chi connectivity index (χ1v) is 20.2. The highest BCUT2D eigenvalue weighted by atomic mass is 16.6. The molecule has 14 heteroatoms. The Bertz CT molecular complexity index is 1650. The summed E-state index contributed by atoms with van der Waals surface area (Å²) >= 11 is 0. The van der Waals surface area contributed by atoms with Gasteiger partial charge in [-0.2, -0.15) is 0 Å². The maximum Gasteiger partial charge on any atom is 0.311 e. The van der Waals surface area contributed by atoms with Gasteiger partial charge in [-0.05, 0) is 74.9 Å². The maximum absolute atomic E-state index is 13.2. The van der Waals surface area contributed by atoms with Crippen molar-refractivity contribution < 1.29 is 47.6 Å². The fourth-order valence-electron chi connectivity index (χ4n) is 7.91. The number of ether oxygens (including phenoxy) is 6. The SMILES string of the molecule is O=C(NCCOC(=O)C1CCCCC1OC1CCC1OC1CCCCC1C(=O)OCCNC(=O)c1cccc(C2=NCCO2)c1)c1cccc(C2=NCCO2)c1. The molecule has 6 unspecified atom stereocenters. The molecule has 2 heterocycles. The number of benzene rings is 2. The molecule has 5 aliphatic rings. The number of aliphatic imine (C=N–C) groups is 2. The average Bonchev–Trinajstić information content (AvgIpc) is 3.98. The number of amides is 2. The number of nitrogens with one attached hydrogen (secondary N) is 2. The second-order valence-electron chi connectivity index (χ2n) is 14.9. The quantitative estimate of drug-likeness (QED) is 0.186. The number of hydrogen-bond donors (Lipinski definition) is 2. The molecule has 0 radical (unpaired) electrons. The van der Waals surface area contributed by atoms with Gasteiger partial charge in [0.2, 0.25) is 11.8 Å². The second kappa shape index (κ2) is 19.4. The van der Waals surface area contributed by atoms with Gasteiger partial charge in [-0.15, -0.1) is 0 Å². The van der Waals surface area contributed by atoms with Crippen LogP contribution in [0.15, 0.2) is 58.5 Å². The van der Waals surface area contributed by atoms with Crippen LogP contribution < -0.4 is 10.6 Å². The molecule has 2 aliphatic heterocycles. The molecule has 2 aromatic rings. The molecule has 56 heavy (non-hydrogen) atoms. The van der Waals surface area contributed by atoms with Crippen LogP contribution in [0.2, 0.25) is 0 Å². The standard InChI is InChI=1S/C42H52N4O10/c47-37(27-7-5-9-29(25-27)39-45-19-21-51-39)43-17-23-53-41(49)31-11-1-3-13-33(31)55-35-15-16-36(35)56-34-14-4-2-12-32(34)42(50)54-24-18-44-38(48)28-8-6-10-30(26-28)40-46-20-22-52-40/h5-10,25-26,31-36H,1-4,11-24H2,(H,43,47)(H,44,48). The average molecular weight is 773 g/mol. The fourth-order valence-corrected chi connectivity index (χ4v) is 7.91. The minimum atomic E-state index is -0.387. The van der Waals surface area contributed by atoms with Crippen LogP contribution >= 0.6 is 0 Å². The van der Waals surface area contributed by atoms with Gasteiger partial charge < -0.3 is 39.1 Å². The maximum atomic E-state index is 13.2. The zero-order valence-electron chi connectivity index (χ0n) is 31.8. The summed E-state index contributed by atoms with van der Waals surface area (Å²) in [5.41, 5.74) is 2.47. The smallest absolute Gasteiger partial charge is 0.311 e. The highest BCUT2D eigenvalue weighted by Gasteiger charge is 2.43. The lowest BCUT2D eigenvalue weighted by Gasteiger charge is -2.44. The molecule has 0 aromatic heterocycles. The Morgan fingerprint density at radius 1 is 0.589 bits per heavy atom. The Morgan fingerprint density at radius 2 is 1.04 bits per heavy atom. The van der Waals surface area contributed by atoms with Crippen molar-refractivity contribution >= 4 is 35.5 Å². The van der Waals surface area contributed by atoms with Crippen molar-refractivity contribution in [3.63, 3.8) is 0 Å². The summed E-state index contributed by atoms with van der Waals surface area (Å²) in [5, 5.41) is 5.65. The van der Waals surface area contributed by atoms with E-state index in [1.165, 1.54) is 0 Å². The van der Waals surface area contributed by atoms with Crippen molar-refractivity contribution in [2.24, 2.45) is 21.8 Å². The van der Waals surface area contributed by atoms with Crippen molar-refractivity contribution in [3.05, 3.63) is 70.8 Å². The van der Waals surface area contributed by atoms with Crippen LogP contribution in [0.25, 0.3) is 0 Å². The largest absolute Gasteiger partial charge is 0.476 e. The van der Waals surface area contributed by atoms with Crippen LogP contribution in [0, 0.1) is 11.8 Å². The third-order valence-corrected chi connectivity index (χ3v) is 11.0. The van der Waals surface area contributed by atoms with E-state index < -0.39 is 0 Å². The van der Waals surface area contributed by atoms with Crippen molar-refractivity contribution in [2.45, 2.75) is 88.6 Å². The molecule has 3 aliphatic carbocycles. The van der Waals surface area contributed by atoms with E-state index in [2.05, 4.69) is 20.6 Å². The van der Waals surface area contributed by atoms with Crippen LogP contribution in [0.4, 0.5) is 0 Å². The number of hydrogen-bond acceptors (Lipinski definition) is 12. The predicted octanol–water partition coefficient (Wildman–Crippen LogP) is 4.17. The third-order valence-electron chi connectivity index (χ3n) is 11.0. The molecule has 0 bridgehead atoms. The molecule has 2 N–H and O–H groups in total. The van der Waals surface area contributed by atoms with Crippen molar-refractivity contribution in [2.75, 3.05) is 52.6 Å². The van der Waals surface area contributed by atoms with Gasteiger partial charge in [-0.25, -0.2) is 9.98 Å². The summed E-state index contributed by atoms with van der Waals surface area (Å²) in [4.78, 5) is 60.6. The van der Waals surface area contributed by atoms with Crippen molar-refractivity contribution in [1.82, 2.24) is 10.6 Å². The van der Waals surface area contributed by atoms with Gasteiger partial charge in [-0.1, -0.05) is 37.8 Å². The van der Waals surface area contributed by atoms with Gasteiger partial charge in [0, 0.05) is 22.3 Å². The second-order valence-corrected chi connectivity index (χ2v) is 14.9. The Hall–Kier alpha value is -4.82. The van der Waals surface area contributed by atoms with E-state index in [4.69, 9.17) is 28.4 Å². The fraction of sp³-hybridized carbons (Fsp3) is 0.571. The van der Waals surface area contributed by atoms with Crippen LogP contribution in [-0.4, -0.2) is 113 Å². The first kappa shape index (κ1) is 39.4. The molecule has 2 aromatic carbocycles. The van der Waals surface area contributed by atoms with Crippen molar-refractivity contribution in [3.8, 4) is 0 Å². The molecular formula is C42H52N4O10. The Balaban J connectivity index is 0.826. The monoisotopic (exact) mass is 772 g/mol. The Kier molecular flexibility index (Phi) is 13.6. The number of esters is 2. The summed E-state index contributed by atoms with van der Waals surface area (Å²) in [6, 6.07) is 14.2. The topological polar surface area (TPSA) is 172 Å². The van der Waals surface area contributed by atoms with E-state index >= 15 is 0 Å². The van der Waals surface area contributed by atoms with Gasteiger partial charge in [0.25, 0.3) is 11.8 Å². The molecule has 0 spiro atoms. The van der Waals surface area contributed by atoms with Gasteiger partial charge in [0.15, 0.2) is 0 Å². The third kappa shape index (κ3) is 10.1. The van der Waals surface area contributed by atoms with E-state index in [1.54, 1.807) is 36.4 Å². The molecule has 3 fully saturated rings. The zero-order valence-corrected chi connectivity index (χ0v) is 31.8. The van der Waals surface area contributed by atoms with Crippen LogP contribution in [0.3, 0.4) is 0 Å². The normalized spacial score (nSPS) is 25.7. The van der Waals surface area contributed by atoms with Gasteiger partial charge in [0.1, 0.15) is 26.4 Å². The van der Waals surface area contributed by atoms with Crippen LogP contribution in [0.1, 0.15) is 96.1 Å². The molecule has 14 nitrogen and oxygen atoms in total. The Morgan fingerprint density at radius 3 is 1.45 bits per heavy atom. The highest BCUT2D eigenvalue weighted by molar-refractivity contribution is 6.01. The van der Waals surface area contributed by atoms with Crippen molar-refractivity contribution in [1.29, 1.82) is 0 Å². The van der Waals surface area contributed by atoms with E-state index in [0.29, 0.717) is 62.1 Å². The number of rotatable bonds is 16. The molecular weight excluding hydrogens is 720 g/mol. The van der Waals surface area contributed by atoms with E-state index in [0.717, 1.165) is 62.5 Å². The molecule has 7 rings (SSSR count). The molecule has 3 saturated carbocycles. The lowest BCUT2D eigenvalue weighted by atomic mass is 9.83. The first-order chi connectivity index (χ1) is 27.4. The summed E-state index contributed by atoms with van der Waals surface area (Å²) in [6.07, 6.45) is 7.41. The van der Waals surface area contributed by atoms with Crippen LogP contribution in [0.5, 0.6) is 0 Å². The van der Waals surface area contributed by atoms with E-state index in [9.17, 15) is 19.2 Å². The molecule has 2 amide bonds. The number of carbonyl (C=O) groups is 4. The van der Waals surface area contributed by atoms with E-state index in [1.807, 2.05) is 12.1 Å². The van der Waals surface area contributed by atoms with Crippen LogP contribution in [-0.2, 0) is 38.0 Å². The summed E-state index contributed by atoms with van der Waals surface area (Å²) < 4.78 is 35.4. The van der Waals surface area contributed by atoms with Gasteiger partial charge in [-0.3, -0.25) is 19.2 Å². The molecule has 6 atom stereocenters. The molecule has 0 saturated heterocycles.